The average Bonchev–Trinajstić information content (AvgIpc) is 2.80. The van der Waals surface area contributed by atoms with Crippen LogP contribution in [0.15, 0.2) is 24.3 Å². The minimum atomic E-state index is -0.232. The first kappa shape index (κ1) is 16.7. The summed E-state index contributed by atoms with van der Waals surface area (Å²) in [5.41, 5.74) is 0.947. The van der Waals surface area contributed by atoms with E-state index in [1.807, 2.05) is 13.8 Å². The molecule has 0 spiro atoms. The highest BCUT2D eigenvalue weighted by molar-refractivity contribution is 6.21. The number of amides is 3. The number of fused-ring (bicyclic) bond motifs is 1. The molecule has 1 aromatic carbocycles. The van der Waals surface area contributed by atoms with E-state index in [-0.39, 0.29) is 35.6 Å². The quantitative estimate of drug-likeness (QED) is 0.864. The van der Waals surface area contributed by atoms with Gasteiger partial charge in [0.1, 0.15) is 0 Å². The van der Waals surface area contributed by atoms with Crippen LogP contribution in [0.4, 0.5) is 0 Å². The van der Waals surface area contributed by atoms with Crippen LogP contribution in [0.2, 0.25) is 0 Å². The molecule has 1 aromatic rings. The maximum Gasteiger partial charge on any atom is 0.261 e. The van der Waals surface area contributed by atoms with Crippen LogP contribution in [-0.4, -0.2) is 35.2 Å². The Kier molecular flexibility index (Phi) is 4.69. The normalized spacial score (nSPS) is 23.5. The van der Waals surface area contributed by atoms with Crippen LogP contribution >= 0.6 is 0 Å². The van der Waals surface area contributed by atoms with Crippen molar-refractivity contribution in [1.82, 2.24) is 10.2 Å². The van der Waals surface area contributed by atoms with Crippen molar-refractivity contribution in [3.8, 4) is 0 Å². The molecule has 3 amide bonds. The van der Waals surface area contributed by atoms with Crippen molar-refractivity contribution in [3.63, 3.8) is 0 Å². The van der Waals surface area contributed by atoms with Crippen LogP contribution in [0, 0.1) is 11.8 Å². The molecule has 0 aromatic heterocycles. The Bertz CT molecular complexity index is 633. The van der Waals surface area contributed by atoms with Crippen LogP contribution in [0.3, 0.4) is 0 Å². The van der Waals surface area contributed by atoms with Crippen molar-refractivity contribution < 1.29 is 14.4 Å². The fourth-order valence-corrected chi connectivity index (χ4v) is 3.80. The largest absolute Gasteiger partial charge is 0.354 e. The van der Waals surface area contributed by atoms with Gasteiger partial charge in [-0.15, -0.1) is 0 Å². The van der Waals surface area contributed by atoms with E-state index in [9.17, 15) is 14.4 Å². The van der Waals surface area contributed by atoms with Crippen LogP contribution in [0.1, 0.15) is 60.2 Å². The predicted molar refractivity (Wildman–Crippen MR) is 90.5 cm³/mol. The lowest BCUT2D eigenvalue weighted by molar-refractivity contribution is -0.128. The van der Waals surface area contributed by atoms with Crippen LogP contribution in [0.25, 0.3) is 0 Å². The first-order chi connectivity index (χ1) is 11.5. The highest BCUT2D eigenvalue weighted by Crippen LogP contribution is 2.33. The van der Waals surface area contributed by atoms with Crippen molar-refractivity contribution >= 4 is 17.7 Å². The summed E-state index contributed by atoms with van der Waals surface area (Å²) in [4.78, 5) is 38.9. The Morgan fingerprint density at radius 2 is 1.71 bits per heavy atom. The minimum Gasteiger partial charge on any atom is -0.354 e. The zero-order valence-corrected chi connectivity index (χ0v) is 14.2. The standard InChI is InChI=1S/C19H24N2O3/c1-12(2)20-17(22)14-8-4-3-7-13(14)11-21-18(23)15-9-5-6-10-16(15)19(21)24/h5-6,9-10,12-14H,3-4,7-8,11H2,1-2H3,(H,20,22). The highest BCUT2D eigenvalue weighted by Gasteiger charge is 2.39. The van der Waals surface area contributed by atoms with Crippen molar-refractivity contribution in [2.75, 3.05) is 6.54 Å². The third kappa shape index (κ3) is 3.07. The van der Waals surface area contributed by atoms with Gasteiger partial charge in [-0.1, -0.05) is 25.0 Å². The molecule has 5 heteroatoms. The summed E-state index contributed by atoms with van der Waals surface area (Å²) >= 11 is 0. The number of rotatable bonds is 4. The molecule has 0 radical (unpaired) electrons. The molecule has 24 heavy (non-hydrogen) atoms. The Morgan fingerprint density at radius 1 is 1.12 bits per heavy atom. The molecule has 0 bridgehead atoms. The molecule has 2 unspecified atom stereocenters. The van der Waals surface area contributed by atoms with Crippen LogP contribution < -0.4 is 5.32 Å². The number of nitrogens with zero attached hydrogens (tertiary/aromatic N) is 1. The molecule has 1 fully saturated rings. The number of hydrogen-bond donors (Lipinski definition) is 1. The first-order valence-corrected chi connectivity index (χ1v) is 8.74. The Balaban J connectivity index is 1.76. The molecule has 1 saturated carbocycles. The summed E-state index contributed by atoms with van der Waals surface area (Å²) in [5.74, 6) is -0.495. The molecule has 128 valence electrons. The van der Waals surface area contributed by atoms with E-state index in [1.165, 1.54) is 4.90 Å². The maximum absolute atomic E-state index is 12.5. The molecule has 0 saturated heterocycles. The average molecular weight is 328 g/mol. The smallest absolute Gasteiger partial charge is 0.261 e. The first-order valence-electron chi connectivity index (χ1n) is 8.74. The molecule has 1 heterocycles. The monoisotopic (exact) mass is 328 g/mol. The fraction of sp³-hybridized carbons (Fsp3) is 0.526. The van der Waals surface area contributed by atoms with Crippen LogP contribution in [0.5, 0.6) is 0 Å². The van der Waals surface area contributed by atoms with Crippen molar-refractivity contribution in [3.05, 3.63) is 35.4 Å². The van der Waals surface area contributed by atoms with Gasteiger partial charge in [-0.25, -0.2) is 0 Å². The second-order valence-electron chi connectivity index (χ2n) is 7.08. The van der Waals surface area contributed by atoms with Gasteiger partial charge in [0, 0.05) is 18.5 Å². The second kappa shape index (κ2) is 6.75. The van der Waals surface area contributed by atoms with Gasteiger partial charge < -0.3 is 5.32 Å². The molecule has 1 aliphatic heterocycles. The summed E-state index contributed by atoms with van der Waals surface area (Å²) in [6.45, 7) is 4.22. The van der Waals surface area contributed by atoms with Gasteiger partial charge in [0.15, 0.2) is 0 Å². The topological polar surface area (TPSA) is 66.5 Å². The zero-order chi connectivity index (χ0) is 17.3. The molecule has 5 nitrogen and oxygen atoms in total. The van der Waals surface area contributed by atoms with E-state index in [4.69, 9.17) is 0 Å². The second-order valence-corrected chi connectivity index (χ2v) is 7.08. The van der Waals surface area contributed by atoms with Crippen molar-refractivity contribution in [2.24, 2.45) is 11.8 Å². The van der Waals surface area contributed by atoms with E-state index in [0.717, 1.165) is 25.7 Å². The van der Waals surface area contributed by atoms with Crippen molar-refractivity contribution in [1.29, 1.82) is 0 Å². The van der Waals surface area contributed by atoms with E-state index < -0.39 is 0 Å². The summed E-state index contributed by atoms with van der Waals surface area (Å²) in [7, 11) is 0. The minimum absolute atomic E-state index is 0.0414. The summed E-state index contributed by atoms with van der Waals surface area (Å²) < 4.78 is 0. The number of imide groups is 1. The summed E-state index contributed by atoms with van der Waals surface area (Å²) in [5, 5.41) is 2.98. The van der Waals surface area contributed by atoms with Gasteiger partial charge >= 0.3 is 0 Å². The number of nitrogens with one attached hydrogen (secondary N) is 1. The summed E-state index contributed by atoms with van der Waals surface area (Å²) in [6, 6.07) is 7.03. The summed E-state index contributed by atoms with van der Waals surface area (Å²) in [6.07, 6.45) is 3.77. The lowest BCUT2D eigenvalue weighted by Gasteiger charge is -2.33. The third-order valence-corrected chi connectivity index (χ3v) is 4.97. The predicted octanol–water partition coefficient (Wildman–Crippen LogP) is 2.61. The van der Waals surface area contributed by atoms with Gasteiger partial charge in [-0.3, -0.25) is 19.3 Å². The molecule has 2 atom stereocenters. The number of benzene rings is 1. The van der Waals surface area contributed by atoms with E-state index in [1.54, 1.807) is 24.3 Å². The molecule has 2 aliphatic rings. The Labute approximate surface area is 142 Å². The molecular weight excluding hydrogens is 304 g/mol. The van der Waals surface area contributed by atoms with Gasteiger partial charge in [0.25, 0.3) is 11.8 Å². The number of carbonyl (C=O) groups excluding carboxylic acids is 3. The van der Waals surface area contributed by atoms with E-state index in [0.29, 0.717) is 17.7 Å². The van der Waals surface area contributed by atoms with Gasteiger partial charge in [0.2, 0.25) is 5.91 Å². The Hall–Kier alpha value is -2.17. The highest BCUT2D eigenvalue weighted by atomic mass is 16.2. The fourth-order valence-electron chi connectivity index (χ4n) is 3.80. The number of hydrogen-bond acceptors (Lipinski definition) is 3. The van der Waals surface area contributed by atoms with Gasteiger partial charge in [-0.2, -0.15) is 0 Å². The van der Waals surface area contributed by atoms with E-state index >= 15 is 0 Å². The molecular formula is C19H24N2O3. The molecule has 3 rings (SSSR count). The van der Waals surface area contributed by atoms with E-state index in [2.05, 4.69) is 5.32 Å². The van der Waals surface area contributed by atoms with Gasteiger partial charge in [-0.05, 0) is 44.7 Å². The van der Waals surface area contributed by atoms with Crippen molar-refractivity contribution in [2.45, 2.75) is 45.6 Å². The lowest BCUT2D eigenvalue weighted by atomic mass is 9.78. The molecule has 1 aliphatic carbocycles. The Morgan fingerprint density at radius 3 is 2.29 bits per heavy atom. The SMILES string of the molecule is CC(C)NC(=O)C1CCCCC1CN1C(=O)c2ccccc2C1=O. The maximum atomic E-state index is 12.5. The molecule has 1 N–H and O–H groups in total. The number of carbonyl (C=O) groups is 3. The van der Waals surface area contributed by atoms with Gasteiger partial charge in [0.05, 0.1) is 11.1 Å². The van der Waals surface area contributed by atoms with Crippen LogP contribution in [-0.2, 0) is 4.79 Å². The lowest BCUT2D eigenvalue weighted by Crippen LogP contribution is -2.44. The zero-order valence-electron chi connectivity index (χ0n) is 14.2. The third-order valence-electron chi connectivity index (χ3n) is 4.97.